The van der Waals surface area contributed by atoms with Gasteiger partial charge in [-0.3, -0.25) is 0 Å². The molecule has 0 saturated heterocycles. The minimum Gasteiger partial charge on any atom is -0.478 e. The highest BCUT2D eigenvalue weighted by Gasteiger charge is 2.20. The predicted octanol–water partition coefficient (Wildman–Crippen LogP) is 1.88. The standard InChI is InChI=1S/C12H16N2O2/c1-8-6-13-11-9(12(15)16)4-3-5-10(11)14(2)7-8/h3-5,8,13H,6-7H2,1-2H3,(H,15,16). The first-order valence-electron chi connectivity index (χ1n) is 5.41. The van der Waals surface area contributed by atoms with Crippen molar-refractivity contribution in [2.75, 3.05) is 30.4 Å². The van der Waals surface area contributed by atoms with E-state index in [9.17, 15) is 4.79 Å². The van der Waals surface area contributed by atoms with Gasteiger partial charge in [-0.2, -0.15) is 0 Å². The summed E-state index contributed by atoms with van der Waals surface area (Å²) in [5.41, 5.74) is 2.05. The van der Waals surface area contributed by atoms with E-state index in [2.05, 4.69) is 17.1 Å². The molecule has 1 aromatic rings. The summed E-state index contributed by atoms with van der Waals surface area (Å²) in [5.74, 6) is -0.383. The van der Waals surface area contributed by atoms with Crippen LogP contribution in [0.2, 0.25) is 0 Å². The lowest BCUT2D eigenvalue weighted by Gasteiger charge is -2.20. The van der Waals surface area contributed by atoms with Crippen LogP contribution in [-0.4, -0.2) is 31.2 Å². The van der Waals surface area contributed by atoms with Gasteiger partial charge >= 0.3 is 5.97 Å². The van der Waals surface area contributed by atoms with E-state index in [1.165, 1.54) is 0 Å². The average Bonchev–Trinajstić information content (AvgIpc) is 2.38. The van der Waals surface area contributed by atoms with Crippen molar-refractivity contribution in [3.8, 4) is 0 Å². The predicted molar refractivity (Wildman–Crippen MR) is 64.3 cm³/mol. The Labute approximate surface area is 94.9 Å². The summed E-state index contributed by atoms with van der Waals surface area (Å²) in [6.45, 7) is 3.89. The van der Waals surface area contributed by atoms with Crippen LogP contribution in [0.3, 0.4) is 0 Å². The van der Waals surface area contributed by atoms with E-state index in [0.717, 1.165) is 24.5 Å². The molecule has 0 radical (unpaired) electrons. The minimum absolute atomic E-state index is 0.346. The number of benzene rings is 1. The molecule has 0 saturated carbocycles. The van der Waals surface area contributed by atoms with Gasteiger partial charge in [0, 0.05) is 20.1 Å². The van der Waals surface area contributed by atoms with Crippen molar-refractivity contribution in [2.24, 2.45) is 5.92 Å². The summed E-state index contributed by atoms with van der Waals surface area (Å²) in [5, 5.41) is 12.4. The first-order valence-corrected chi connectivity index (χ1v) is 5.41. The highest BCUT2D eigenvalue weighted by atomic mass is 16.4. The Balaban J connectivity index is 2.50. The fourth-order valence-electron chi connectivity index (χ4n) is 2.13. The van der Waals surface area contributed by atoms with Crippen LogP contribution in [-0.2, 0) is 0 Å². The Kier molecular flexibility index (Phi) is 2.73. The number of aromatic carboxylic acids is 1. The van der Waals surface area contributed by atoms with Gasteiger partial charge in [-0.05, 0) is 18.1 Å². The number of carbonyl (C=O) groups is 1. The molecule has 1 atom stereocenters. The second-order valence-corrected chi connectivity index (χ2v) is 4.37. The zero-order valence-corrected chi connectivity index (χ0v) is 9.53. The van der Waals surface area contributed by atoms with Gasteiger partial charge in [0.2, 0.25) is 0 Å². The van der Waals surface area contributed by atoms with Gasteiger partial charge in [-0.1, -0.05) is 13.0 Å². The molecule has 2 N–H and O–H groups in total. The molecule has 1 aliphatic heterocycles. The molecular formula is C12H16N2O2. The number of nitrogens with one attached hydrogen (secondary N) is 1. The van der Waals surface area contributed by atoms with Crippen molar-refractivity contribution in [1.82, 2.24) is 0 Å². The number of hydrogen-bond acceptors (Lipinski definition) is 3. The van der Waals surface area contributed by atoms with Crippen LogP contribution in [0.1, 0.15) is 17.3 Å². The zero-order chi connectivity index (χ0) is 11.7. The molecule has 0 fully saturated rings. The van der Waals surface area contributed by atoms with Gasteiger partial charge < -0.3 is 15.3 Å². The Bertz CT molecular complexity index is 417. The molecule has 0 spiro atoms. The SMILES string of the molecule is CC1CNc2c(C(=O)O)cccc2N(C)C1. The smallest absolute Gasteiger partial charge is 0.337 e. The van der Waals surface area contributed by atoms with E-state index in [0.29, 0.717) is 11.5 Å². The fraction of sp³-hybridized carbons (Fsp3) is 0.417. The number of fused-ring (bicyclic) bond motifs is 1. The number of carboxylic acids is 1. The molecule has 1 unspecified atom stereocenters. The van der Waals surface area contributed by atoms with Crippen molar-refractivity contribution < 1.29 is 9.90 Å². The van der Waals surface area contributed by atoms with Crippen molar-refractivity contribution in [3.05, 3.63) is 23.8 Å². The number of anilines is 2. The molecule has 4 heteroatoms. The van der Waals surface area contributed by atoms with E-state index in [1.807, 2.05) is 13.1 Å². The first-order chi connectivity index (χ1) is 7.59. The second kappa shape index (κ2) is 4.04. The molecule has 0 amide bonds. The molecule has 0 aromatic heterocycles. The van der Waals surface area contributed by atoms with Crippen molar-refractivity contribution in [2.45, 2.75) is 6.92 Å². The molecule has 0 bridgehead atoms. The van der Waals surface area contributed by atoms with Gasteiger partial charge in [0.15, 0.2) is 0 Å². The number of hydrogen-bond donors (Lipinski definition) is 2. The molecule has 1 aromatic carbocycles. The minimum atomic E-state index is -0.882. The summed E-state index contributed by atoms with van der Waals surface area (Å²) < 4.78 is 0. The lowest BCUT2D eigenvalue weighted by molar-refractivity contribution is 0.0698. The lowest BCUT2D eigenvalue weighted by Crippen LogP contribution is -2.23. The molecule has 2 rings (SSSR count). The van der Waals surface area contributed by atoms with Crippen molar-refractivity contribution >= 4 is 17.3 Å². The molecule has 16 heavy (non-hydrogen) atoms. The van der Waals surface area contributed by atoms with Crippen LogP contribution in [0.5, 0.6) is 0 Å². The molecule has 1 aliphatic rings. The van der Waals surface area contributed by atoms with E-state index in [1.54, 1.807) is 12.1 Å². The summed E-state index contributed by atoms with van der Waals surface area (Å²) >= 11 is 0. The topological polar surface area (TPSA) is 52.6 Å². The third-order valence-electron chi connectivity index (χ3n) is 2.90. The van der Waals surface area contributed by atoms with Crippen LogP contribution in [0.4, 0.5) is 11.4 Å². The maximum Gasteiger partial charge on any atom is 0.337 e. The molecule has 0 aliphatic carbocycles. The highest BCUT2D eigenvalue weighted by molar-refractivity contribution is 5.98. The van der Waals surface area contributed by atoms with E-state index in [4.69, 9.17) is 5.11 Å². The van der Waals surface area contributed by atoms with E-state index in [-0.39, 0.29) is 0 Å². The number of carboxylic acid groups (broad SMARTS) is 1. The van der Waals surface area contributed by atoms with Gasteiger partial charge in [0.1, 0.15) is 0 Å². The van der Waals surface area contributed by atoms with E-state index < -0.39 is 5.97 Å². The molecule has 4 nitrogen and oxygen atoms in total. The van der Waals surface area contributed by atoms with Crippen LogP contribution >= 0.6 is 0 Å². The molecule has 1 heterocycles. The summed E-state index contributed by atoms with van der Waals surface area (Å²) in [6.07, 6.45) is 0. The summed E-state index contributed by atoms with van der Waals surface area (Å²) in [4.78, 5) is 13.2. The lowest BCUT2D eigenvalue weighted by atomic mass is 10.1. The van der Waals surface area contributed by atoms with Gasteiger partial charge in [-0.25, -0.2) is 4.79 Å². The van der Waals surface area contributed by atoms with Gasteiger partial charge in [0.05, 0.1) is 16.9 Å². The monoisotopic (exact) mass is 220 g/mol. The average molecular weight is 220 g/mol. The largest absolute Gasteiger partial charge is 0.478 e. The van der Waals surface area contributed by atoms with Crippen molar-refractivity contribution in [3.63, 3.8) is 0 Å². The maximum absolute atomic E-state index is 11.1. The number of para-hydroxylation sites is 1. The summed E-state index contributed by atoms with van der Waals surface area (Å²) in [7, 11) is 1.99. The van der Waals surface area contributed by atoms with Crippen LogP contribution in [0.25, 0.3) is 0 Å². The van der Waals surface area contributed by atoms with Crippen LogP contribution < -0.4 is 10.2 Å². The normalized spacial score (nSPS) is 19.6. The highest BCUT2D eigenvalue weighted by Crippen LogP contribution is 2.31. The fourth-order valence-corrected chi connectivity index (χ4v) is 2.13. The number of nitrogens with zero attached hydrogens (tertiary/aromatic N) is 1. The molecule has 86 valence electrons. The third kappa shape index (κ3) is 1.83. The van der Waals surface area contributed by atoms with Gasteiger partial charge in [0.25, 0.3) is 0 Å². The quantitative estimate of drug-likeness (QED) is 0.758. The molecular weight excluding hydrogens is 204 g/mol. The van der Waals surface area contributed by atoms with Crippen LogP contribution in [0.15, 0.2) is 18.2 Å². The third-order valence-corrected chi connectivity index (χ3v) is 2.90. The van der Waals surface area contributed by atoms with Gasteiger partial charge in [-0.15, -0.1) is 0 Å². The second-order valence-electron chi connectivity index (χ2n) is 4.37. The Hall–Kier alpha value is -1.71. The Morgan fingerprint density at radius 2 is 2.31 bits per heavy atom. The summed E-state index contributed by atoms with van der Waals surface area (Å²) in [6, 6.07) is 5.38. The maximum atomic E-state index is 11.1. The van der Waals surface area contributed by atoms with E-state index >= 15 is 0 Å². The first kappa shape index (κ1) is 10.8. The Morgan fingerprint density at radius 1 is 1.56 bits per heavy atom. The number of rotatable bonds is 1. The van der Waals surface area contributed by atoms with Crippen molar-refractivity contribution in [1.29, 1.82) is 0 Å². The van der Waals surface area contributed by atoms with Crippen LogP contribution in [0, 0.1) is 5.92 Å². The zero-order valence-electron chi connectivity index (χ0n) is 9.53. The Morgan fingerprint density at radius 3 is 3.00 bits per heavy atom.